The lowest BCUT2D eigenvalue weighted by molar-refractivity contribution is -0.140. The first-order valence-electron chi connectivity index (χ1n) is 15.6. The molecule has 0 heterocycles. The summed E-state index contributed by atoms with van der Waals surface area (Å²) in [6, 6.07) is 27.6. The Labute approximate surface area is 272 Å². The first kappa shape index (κ1) is 34.4. The highest BCUT2D eigenvalue weighted by Gasteiger charge is 2.35. The Kier molecular flexibility index (Phi) is 11.7. The van der Waals surface area contributed by atoms with Crippen LogP contribution in [0, 0.1) is 12.7 Å². The number of aryl methyl sites for hydroxylation is 2. The highest BCUT2D eigenvalue weighted by atomic mass is 32.2. The average molecular weight is 644 g/mol. The molecule has 0 radical (unpaired) electrons. The number of sulfonamides is 1. The summed E-state index contributed by atoms with van der Waals surface area (Å²) >= 11 is 0. The van der Waals surface area contributed by atoms with Crippen molar-refractivity contribution in [2.24, 2.45) is 0 Å². The standard InChI is InChI=1S/C37H42FN3O4S/c1-5-28(4)39-37(43)35(24-29-14-8-7-9-15-29)40(25-31-17-10-12-18-33(31)38)36(42)26-41(34-19-13-11-16-30(34)6-2)46(44,45)32-22-20-27(3)21-23-32/h7-23,28,35H,5-6,24-26H2,1-4H3,(H,39,43)/t28-,35-/m1/s1. The largest absolute Gasteiger partial charge is 0.352 e. The second-order valence-electron chi connectivity index (χ2n) is 11.4. The van der Waals surface area contributed by atoms with Gasteiger partial charge in [0.15, 0.2) is 0 Å². The molecule has 0 saturated carbocycles. The van der Waals surface area contributed by atoms with Gasteiger partial charge in [0.05, 0.1) is 10.6 Å². The molecule has 0 saturated heterocycles. The molecular weight excluding hydrogens is 601 g/mol. The van der Waals surface area contributed by atoms with Gasteiger partial charge < -0.3 is 10.2 Å². The van der Waals surface area contributed by atoms with Crippen LogP contribution < -0.4 is 9.62 Å². The van der Waals surface area contributed by atoms with Crippen LogP contribution in [0.5, 0.6) is 0 Å². The number of benzene rings is 4. The Morgan fingerprint density at radius 1 is 0.826 bits per heavy atom. The zero-order valence-electron chi connectivity index (χ0n) is 26.8. The number of hydrogen-bond acceptors (Lipinski definition) is 4. The van der Waals surface area contributed by atoms with Crippen molar-refractivity contribution in [3.8, 4) is 0 Å². The SMILES string of the molecule is CCc1ccccc1N(CC(=O)N(Cc1ccccc1F)[C@H](Cc1ccccc1)C(=O)N[C@H](C)CC)S(=O)(=O)c1ccc(C)cc1. The number of amides is 2. The number of hydrogen-bond donors (Lipinski definition) is 1. The van der Waals surface area contributed by atoms with Gasteiger partial charge in [-0.15, -0.1) is 0 Å². The number of carbonyl (C=O) groups excluding carboxylic acids is 2. The zero-order valence-corrected chi connectivity index (χ0v) is 27.6. The molecule has 1 N–H and O–H groups in total. The number of rotatable bonds is 14. The van der Waals surface area contributed by atoms with E-state index < -0.39 is 40.2 Å². The van der Waals surface area contributed by atoms with E-state index >= 15 is 4.39 Å². The Balaban J connectivity index is 1.84. The minimum Gasteiger partial charge on any atom is -0.352 e. The summed E-state index contributed by atoms with van der Waals surface area (Å²) in [6.45, 7) is 6.77. The van der Waals surface area contributed by atoms with E-state index in [9.17, 15) is 18.0 Å². The molecule has 0 fully saturated rings. The molecule has 0 aromatic heterocycles. The van der Waals surface area contributed by atoms with Gasteiger partial charge in [0.1, 0.15) is 18.4 Å². The van der Waals surface area contributed by atoms with Gasteiger partial charge in [-0.3, -0.25) is 13.9 Å². The molecule has 2 atom stereocenters. The van der Waals surface area contributed by atoms with E-state index in [2.05, 4.69) is 5.32 Å². The lowest BCUT2D eigenvalue weighted by Crippen LogP contribution is -2.54. The van der Waals surface area contributed by atoms with Gasteiger partial charge in [-0.2, -0.15) is 0 Å². The maximum Gasteiger partial charge on any atom is 0.264 e. The molecule has 4 aromatic rings. The molecule has 0 bridgehead atoms. The summed E-state index contributed by atoms with van der Waals surface area (Å²) in [5, 5.41) is 2.99. The van der Waals surface area contributed by atoms with Crippen molar-refractivity contribution in [1.29, 1.82) is 0 Å². The quantitative estimate of drug-likeness (QED) is 0.171. The van der Waals surface area contributed by atoms with Crippen LogP contribution in [0.4, 0.5) is 10.1 Å². The van der Waals surface area contributed by atoms with Gasteiger partial charge in [-0.05, 0) is 62.1 Å². The van der Waals surface area contributed by atoms with E-state index in [0.29, 0.717) is 18.5 Å². The molecule has 242 valence electrons. The summed E-state index contributed by atoms with van der Waals surface area (Å²) in [6.07, 6.45) is 1.35. The number of carbonyl (C=O) groups is 2. The van der Waals surface area contributed by atoms with Gasteiger partial charge in [-0.1, -0.05) is 98.3 Å². The predicted molar refractivity (Wildman–Crippen MR) is 180 cm³/mol. The molecule has 0 aliphatic heterocycles. The van der Waals surface area contributed by atoms with Crippen molar-refractivity contribution in [1.82, 2.24) is 10.2 Å². The van der Waals surface area contributed by atoms with Crippen molar-refractivity contribution in [3.63, 3.8) is 0 Å². The van der Waals surface area contributed by atoms with Crippen molar-refractivity contribution in [2.45, 2.75) is 70.5 Å². The molecule has 4 aromatic carbocycles. The average Bonchev–Trinajstić information content (AvgIpc) is 3.06. The molecule has 2 amide bonds. The number of halogens is 1. The van der Waals surface area contributed by atoms with Crippen LogP contribution in [-0.2, 0) is 39.0 Å². The number of para-hydroxylation sites is 1. The molecule has 0 aliphatic rings. The Hall–Kier alpha value is -4.50. The molecule has 9 heteroatoms. The van der Waals surface area contributed by atoms with E-state index in [1.54, 1.807) is 42.5 Å². The summed E-state index contributed by atoms with van der Waals surface area (Å²) < 4.78 is 44.8. The van der Waals surface area contributed by atoms with Crippen molar-refractivity contribution >= 4 is 27.5 Å². The third-order valence-corrected chi connectivity index (χ3v) is 9.87. The Bertz CT molecular complexity index is 1730. The van der Waals surface area contributed by atoms with Gasteiger partial charge >= 0.3 is 0 Å². The van der Waals surface area contributed by atoms with Crippen LogP contribution in [0.15, 0.2) is 108 Å². The van der Waals surface area contributed by atoms with Crippen molar-refractivity contribution in [2.75, 3.05) is 10.8 Å². The maximum atomic E-state index is 15.1. The monoisotopic (exact) mass is 643 g/mol. The summed E-state index contributed by atoms with van der Waals surface area (Å²) in [7, 11) is -4.23. The number of anilines is 1. The molecular formula is C37H42FN3O4S. The maximum absolute atomic E-state index is 15.1. The first-order valence-corrected chi connectivity index (χ1v) is 17.0. The summed E-state index contributed by atoms with van der Waals surface area (Å²) in [4.78, 5) is 29.8. The van der Waals surface area contributed by atoms with E-state index in [-0.39, 0.29) is 29.5 Å². The minimum atomic E-state index is -4.23. The molecule has 0 unspecified atom stereocenters. The fourth-order valence-corrected chi connectivity index (χ4v) is 6.66. The summed E-state index contributed by atoms with van der Waals surface area (Å²) in [5.74, 6) is -1.56. The smallest absolute Gasteiger partial charge is 0.264 e. The van der Waals surface area contributed by atoms with Crippen molar-refractivity contribution < 1.29 is 22.4 Å². The number of nitrogens with one attached hydrogen (secondary N) is 1. The second-order valence-corrected chi connectivity index (χ2v) is 13.3. The van der Waals surface area contributed by atoms with Crippen LogP contribution in [-0.4, -0.2) is 43.8 Å². The normalized spacial score (nSPS) is 12.6. The van der Waals surface area contributed by atoms with E-state index in [0.717, 1.165) is 21.0 Å². The first-order chi connectivity index (χ1) is 22.0. The van der Waals surface area contributed by atoms with Crippen LogP contribution >= 0.6 is 0 Å². The fraction of sp³-hybridized carbons (Fsp3) is 0.297. The van der Waals surface area contributed by atoms with E-state index in [1.807, 2.05) is 70.2 Å². The molecule has 4 rings (SSSR count). The van der Waals surface area contributed by atoms with E-state index in [4.69, 9.17) is 0 Å². The zero-order chi connectivity index (χ0) is 33.3. The third kappa shape index (κ3) is 8.40. The Morgan fingerprint density at radius 2 is 1.43 bits per heavy atom. The van der Waals surface area contributed by atoms with E-state index in [1.165, 1.54) is 23.1 Å². The molecule has 46 heavy (non-hydrogen) atoms. The Morgan fingerprint density at radius 3 is 2.07 bits per heavy atom. The third-order valence-electron chi connectivity index (χ3n) is 8.10. The predicted octanol–water partition coefficient (Wildman–Crippen LogP) is 6.45. The molecule has 0 spiro atoms. The highest BCUT2D eigenvalue weighted by molar-refractivity contribution is 7.92. The lowest BCUT2D eigenvalue weighted by atomic mass is 10.0. The van der Waals surface area contributed by atoms with Crippen LogP contribution in [0.25, 0.3) is 0 Å². The van der Waals surface area contributed by atoms with Crippen molar-refractivity contribution in [3.05, 3.63) is 131 Å². The second kappa shape index (κ2) is 15.7. The van der Waals surface area contributed by atoms with Crippen LogP contribution in [0.1, 0.15) is 49.4 Å². The van der Waals surface area contributed by atoms with Gasteiger partial charge in [0, 0.05) is 24.6 Å². The summed E-state index contributed by atoms with van der Waals surface area (Å²) in [5.41, 5.74) is 3.02. The van der Waals surface area contributed by atoms with Gasteiger partial charge in [-0.25, -0.2) is 12.8 Å². The fourth-order valence-electron chi connectivity index (χ4n) is 5.21. The number of nitrogens with zero attached hydrogens (tertiary/aromatic N) is 2. The van der Waals surface area contributed by atoms with Crippen LogP contribution in [0.3, 0.4) is 0 Å². The van der Waals surface area contributed by atoms with Crippen LogP contribution in [0.2, 0.25) is 0 Å². The molecule has 0 aliphatic carbocycles. The highest BCUT2D eigenvalue weighted by Crippen LogP contribution is 2.29. The topological polar surface area (TPSA) is 86.8 Å². The van der Waals surface area contributed by atoms with Gasteiger partial charge in [0.25, 0.3) is 10.0 Å². The van der Waals surface area contributed by atoms with Gasteiger partial charge in [0.2, 0.25) is 11.8 Å². The lowest BCUT2D eigenvalue weighted by Gasteiger charge is -2.34. The minimum absolute atomic E-state index is 0.0350. The molecule has 7 nitrogen and oxygen atoms in total.